The van der Waals surface area contributed by atoms with E-state index in [2.05, 4.69) is 15.7 Å². The molecule has 32 heavy (non-hydrogen) atoms. The van der Waals surface area contributed by atoms with Gasteiger partial charge in [0.15, 0.2) is 0 Å². The molecule has 9 nitrogen and oxygen atoms in total. The van der Waals surface area contributed by atoms with E-state index < -0.39 is 31.5 Å². The Morgan fingerprint density at radius 1 is 1.41 bits per heavy atom. The fourth-order valence-corrected chi connectivity index (χ4v) is 6.29. The summed E-state index contributed by atoms with van der Waals surface area (Å²) < 4.78 is 29.6. The molecule has 0 bridgehead atoms. The third-order valence-electron chi connectivity index (χ3n) is 5.38. The van der Waals surface area contributed by atoms with Gasteiger partial charge in [-0.05, 0) is 18.7 Å². The number of halogens is 2. The highest BCUT2D eigenvalue weighted by Crippen LogP contribution is 2.42. The summed E-state index contributed by atoms with van der Waals surface area (Å²) in [6.45, 7) is 0.443. The molecule has 2 aliphatic heterocycles. The van der Waals surface area contributed by atoms with Crippen molar-refractivity contribution in [2.75, 3.05) is 26.9 Å². The molecule has 2 amide bonds. The van der Waals surface area contributed by atoms with Crippen LogP contribution < -0.4 is 15.7 Å². The number of carbonyl (C=O) groups is 2. The Morgan fingerprint density at radius 2 is 2.22 bits per heavy atom. The third-order valence-corrected chi connectivity index (χ3v) is 8.50. The summed E-state index contributed by atoms with van der Waals surface area (Å²) in [5.74, 6) is 0.320. The Hall–Kier alpha value is -0.520. The summed E-state index contributed by atoms with van der Waals surface area (Å²) in [5, 5.41) is 18.6. The van der Waals surface area contributed by atoms with Crippen molar-refractivity contribution in [1.82, 2.24) is 15.7 Å². The first-order valence-corrected chi connectivity index (χ1v) is 13.3. The van der Waals surface area contributed by atoms with E-state index >= 15 is 0 Å². The lowest BCUT2D eigenvalue weighted by Gasteiger charge is -2.32. The first-order chi connectivity index (χ1) is 15.4. The number of alkyl halides is 2. The van der Waals surface area contributed by atoms with Crippen LogP contribution in [-0.2, 0) is 23.2 Å². The molecule has 3 rings (SSSR count). The van der Waals surface area contributed by atoms with Crippen LogP contribution in [0.5, 0.6) is 0 Å². The van der Waals surface area contributed by atoms with Gasteiger partial charge in [0.2, 0.25) is 11.8 Å². The minimum absolute atomic E-state index is 0.136. The predicted octanol–water partition coefficient (Wildman–Crippen LogP) is 1.34. The molecule has 3 aliphatic rings. The van der Waals surface area contributed by atoms with Gasteiger partial charge in [-0.1, -0.05) is 6.08 Å². The van der Waals surface area contributed by atoms with Crippen molar-refractivity contribution in [2.45, 2.75) is 66.6 Å². The van der Waals surface area contributed by atoms with Crippen LogP contribution in [0.3, 0.4) is 0 Å². The van der Waals surface area contributed by atoms with Crippen molar-refractivity contribution in [2.24, 2.45) is 0 Å². The number of methoxy groups -OCH3 is 1. The van der Waals surface area contributed by atoms with Crippen molar-refractivity contribution in [3.8, 4) is 0 Å². The Balaban J connectivity index is 1.40. The van der Waals surface area contributed by atoms with Gasteiger partial charge in [-0.15, -0.1) is 11.6 Å². The minimum atomic E-state index is -1.31. The fraction of sp³-hybridized carbons (Fsp3) is 0.789. The van der Waals surface area contributed by atoms with E-state index in [1.807, 2.05) is 0 Å². The average molecular weight is 514 g/mol. The normalized spacial score (nSPS) is 37.6. The van der Waals surface area contributed by atoms with Crippen molar-refractivity contribution < 1.29 is 32.7 Å². The standard InChI is InChI=1S/C19H30ClFN3O6PS/c1-28-10-17-23-15(8-30-32-17)19(27)22-11-4-5-31(18(26)6-11)24-16(25)9-29-12-2-3-13(20)14(21)7-12/h4-5,11-15,17-18,23,26H,2-3,6-10H2,1H3,(H,22,27)(H,24,25). The van der Waals surface area contributed by atoms with Crippen LogP contribution in [0.25, 0.3) is 0 Å². The van der Waals surface area contributed by atoms with Crippen LogP contribution in [0, 0.1) is 0 Å². The first kappa shape index (κ1) is 26.1. The Kier molecular flexibility index (Phi) is 10.4. The highest BCUT2D eigenvalue weighted by atomic mass is 35.5. The lowest BCUT2D eigenvalue weighted by molar-refractivity contribution is -0.127. The predicted molar refractivity (Wildman–Crippen MR) is 121 cm³/mol. The van der Waals surface area contributed by atoms with Crippen molar-refractivity contribution in [3.63, 3.8) is 0 Å². The SMILES string of the molecule is COCC1NC(C(=O)NC2C=CP(NC(=O)COC3CCC(Cl)C(F)C3)C(O)C2)COS1. The molecule has 2 fully saturated rings. The fourth-order valence-electron chi connectivity index (χ4n) is 3.65. The van der Waals surface area contributed by atoms with E-state index in [4.69, 9.17) is 25.3 Å². The summed E-state index contributed by atoms with van der Waals surface area (Å²) in [5.41, 5.74) is 0. The maximum absolute atomic E-state index is 13.7. The van der Waals surface area contributed by atoms with Gasteiger partial charge < -0.3 is 29.2 Å². The number of aliphatic hydroxyl groups excluding tert-OH is 1. The van der Waals surface area contributed by atoms with Crippen LogP contribution >= 0.6 is 31.7 Å². The van der Waals surface area contributed by atoms with Crippen LogP contribution in [0.4, 0.5) is 4.39 Å². The van der Waals surface area contributed by atoms with Crippen LogP contribution in [0.2, 0.25) is 0 Å². The Morgan fingerprint density at radius 3 is 2.94 bits per heavy atom. The monoisotopic (exact) mass is 513 g/mol. The number of amides is 2. The van der Waals surface area contributed by atoms with Gasteiger partial charge in [0.25, 0.3) is 0 Å². The topological polar surface area (TPSA) is 118 Å². The van der Waals surface area contributed by atoms with Gasteiger partial charge in [0.1, 0.15) is 24.2 Å². The molecule has 1 saturated heterocycles. The second-order valence-corrected chi connectivity index (χ2v) is 11.4. The molecule has 8 atom stereocenters. The molecule has 0 radical (unpaired) electrons. The quantitative estimate of drug-likeness (QED) is 0.218. The summed E-state index contributed by atoms with van der Waals surface area (Å²) in [4.78, 5) is 24.7. The molecule has 4 N–H and O–H groups in total. The highest BCUT2D eigenvalue weighted by molar-refractivity contribution is 7.95. The number of nitrogens with one attached hydrogen (secondary N) is 3. The molecular formula is C19H30ClFN3O6PS. The lowest BCUT2D eigenvalue weighted by Crippen LogP contribution is -2.55. The summed E-state index contributed by atoms with van der Waals surface area (Å²) in [6.07, 6.45) is 1.92. The zero-order valence-electron chi connectivity index (χ0n) is 17.7. The van der Waals surface area contributed by atoms with Crippen LogP contribution in [0.1, 0.15) is 25.7 Å². The van der Waals surface area contributed by atoms with Gasteiger partial charge in [-0.2, -0.15) is 0 Å². The van der Waals surface area contributed by atoms with E-state index in [9.17, 15) is 19.1 Å². The molecule has 13 heteroatoms. The molecule has 1 saturated carbocycles. The van der Waals surface area contributed by atoms with Crippen LogP contribution in [0.15, 0.2) is 11.9 Å². The largest absolute Gasteiger partial charge is 0.386 e. The van der Waals surface area contributed by atoms with Gasteiger partial charge in [0.05, 0.1) is 36.6 Å². The Bertz CT molecular complexity index is 681. The molecule has 0 aromatic carbocycles. The molecule has 8 unspecified atom stereocenters. The van der Waals surface area contributed by atoms with Gasteiger partial charge >= 0.3 is 0 Å². The highest BCUT2D eigenvalue weighted by Gasteiger charge is 2.33. The summed E-state index contributed by atoms with van der Waals surface area (Å²) >= 11 is 7.09. The van der Waals surface area contributed by atoms with E-state index in [0.717, 1.165) is 0 Å². The number of hydrogen-bond donors (Lipinski definition) is 4. The second kappa shape index (κ2) is 12.8. The smallest absolute Gasteiger partial charge is 0.249 e. The number of aliphatic hydroxyl groups is 1. The zero-order chi connectivity index (χ0) is 23.1. The molecular weight excluding hydrogens is 484 g/mol. The minimum Gasteiger partial charge on any atom is -0.386 e. The molecule has 2 heterocycles. The maximum Gasteiger partial charge on any atom is 0.249 e. The van der Waals surface area contributed by atoms with E-state index in [0.29, 0.717) is 19.4 Å². The summed E-state index contributed by atoms with van der Waals surface area (Å²) in [6, 6.07) is -0.867. The molecule has 0 aromatic rings. The van der Waals surface area contributed by atoms with Crippen LogP contribution in [-0.4, -0.2) is 84.8 Å². The summed E-state index contributed by atoms with van der Waals surface area (Å²) in [7, 11) is 0.271. The molecule has 1 aliphatic carbocycles. The number of hydrogen-bond acceptors (Lipinski definition) is 8. The molecule has 0 aromatic heterocycles. The third kappa shape index (κ3) is 7.77. The lowest BCUT2D eigenvalue weighted by atomic mass is 9.95. The number of carbonyl (C=O) groups excluding carboxylic acids is 2. The van der Waals surface area contributed by atoms with E-state index in [1.165, 1.54) is 12.0 Å². The van der Waals surface area contributed by atoms with Crippen molar-refractivity contribution in [3.05, 3.63) is 11.9 Å². The van der Waals surface area contributed by atoms with Gasteiger partial charge in [-0.3, -0.25) is 14.9 Å². The molecule has 0 spiro atoms. The van der Waals surface area contributed by atoms with Gasteiger partial charge in [0, 0.05) is 40.1 Å². The first-order valence-electron chi connectivity index (χ1n) is 10.5. The van der Waals surface area contributed by atoms with E-state index in [1.54, 1.807) is 19.0 Å². The van der Waals surface area contributed by atoms with E-state index in [-0.39, 0.29) is 55.4 Å². The van der Waals surface area contributed by atoms with Gasteiger partial charge in [-0.25, -0.2) is 4.39 Å². The number of ether oxygens (including phenoxy) is 2. The maximum atomic E-state index is 13.7. The number of rotatable bonds is 8. The average Bonchev–Trinajstić information content (AvgIpc) is 2.77. The second-order valence-electron chi connectivity index (χ2n) is 7.94. The molecule has 182 valence electrons. The Labute approximate surface area is 197 Å². The van der Waals surface area contributed by atoms with Crippen molar-refractivity contribution in [1.29, 1.82) is 0 Å². The van der Waals surface area contributed by atoms with Crippen molar-refractivity contribution >= 4 is 43.5 Å². The zero-order valence-corrected chi connectivity index (χ0v) is 20.2.